The molecule has 0 saturated heterocycles. The van der Waals surface area contributed by atoms with Crippen LogP contribution in [0.1, 0.15) is 15.9 Å². The van der Waals surface area contributed by atoms with Crippen molar-refractivity contribution in [3.8, 4) is 11.4 Å². The lowest BCUT2D eigenvalue weighted by molar-refractivity contribution is -0.122. The van der Waals surface area contributed by atoms with E-state index in [1.807, 2.05) is 0 Å². The lowest BCUT2D eigenvalue weighted by Gasteiger charge is -2.06. The number of rotatable bonds is 8. The van der Waals surface area contributed by atoms with Gasteiger partial charge < -0.3 is 10.6 Å². The van der Waals surface area contributed by atoms with Crippen molar-refractivity contribution < 1.29 is 18.4 Å². The molecule has 0 spiro atoms. The molecule has 8 nitrogen and oxygen atoms in total. The smallest absolute Gasteiger partial charge is 0.258 e. The second-order valence-electron chi connectivity index (χ2n) is 7.38. The second kappa shape index (κ2) is 10.4. The van der Waals surface area contributed by atoms with Crippen molar-refractivity contribution in [1.82, 2.24) is 25.5 Å². The van der Waals surface area contributed by atoms with E-state index in [0.29, 0.717) is 30.0 Å². The topological polar surface area (TPSA) is 102 Å². The highest BCUT2D eigenvalue weighted by molar-refractivity contribution is 6.04. The molecule has 34 heavy (non-hydrogen) atoms. The fourth-order valence-electron chi connectivity index (χ4n) is 3.15. The van der Waals surface area contributed by atoms with Gasteiger partial charge in [-0.05, 0) is 65.7 Å². The van der Waals surface area contributed by atoms with Gasteiger partial charge in [0.05, 0.1) is 5.56 Å². The lowest BCUT2D eigenvalue weighted by atomic mass is 10.1. The molecule has 0 aliphatic heterocycles. The first-order valence-electron chi connectivity index (χ1n) is 10.4. The van der Waals surface area contributed by atoms with E-state index in [9.17, 15) is 18.4 Å². The number of carbonyl (C=O) groups excluding carboxylic acids is 2. The summed E-state index contributed by atoms with van der Waals surface area (Å²) in [5.74, 6) is -1.43. The van der Waals surface area contributed by atoms with Crippen LogP contribution >= 0.6 is 0 Å². The molecule has 4 aromatic rings. The van der Waals surface area contributed by atoms with Crippen LogP contribution in [0.2, 0.25) is 0 Å². The monoisotopic (exact) mass is 462 g/mol. The number of aromatic nitrogens is 4. The summed E-state index contributed by atoms with van der Waals surface area (Å²) in [7, 11) is 0. The van der Waals surface area contributed by atoms with Crippen LogP contribution in [0.25, 0.3) is 11.4 Å². The van der Waals surface area contributed by atoms with Crippen molar-refractivity contribution in [3.05, 3.63) is 95.6 Å². The van der Waals surface area contributed by atoms with E-state index < -0.39 is 11.7 Å². The van der Waals surface area contributed by atoms with Gasteiger partial charge in [0.2, 0.25) is 11.7 Å². The van der Waals surface area contributed by atoms with Crippen LogP contribution in [0.3, 0.4) is 0 Å². The predicted octanol–water partition coefficient (Wildman–Crippen LogP) is 3.23. The van der Waals surface area contributed by atoms with Gasteiger partial charge in [0.1, 0.15) is 18.2 Å². The Balaban J connectivity index is 1.29. The Labute approximate surface area is 193 Å². The van der Waals surface area contributed by atoms with Gasteiger partial charge in [-0.2, -0.15) is 4.80 Å². The second-order valence-corrected chi connectivity index (χ2v) is 7.38. The minimum absolute atomic E-state index is 0.0490. The van der Waals surface area contributed by atoms with Crippen LogP contribution in [-0.2, 0) is 17.8 Å². The van der Waals surface area contributed by atoms with Gasteiger partial charge in [-0.15, -0.1) is 10.2 Å². The highest BCUT2D eigenvalue weighted by Gasteiger charge is 2.12. The minimum atomic E-state index is -0.600. The highest BCUT2D eigenvalue weighted by Crippen LogP contribution is 2.18. The van der Waals surface area contributed by atoms with E-state index in [0.717, 1.165) is 5.56 Å². The van der Waals surface area contributed by atoms with Crippen LogP contribution in [0.4, 0.5) is 14.5 Å². The zero-order valence-corrected chi connectivity index (χ0v) is 17.9. The van der Waals surface area contributed by atoms with Gasteiger partial charge in [-0.3, -0.25) is 9.59 Å². The molecule has 0 aliphatic rings. The van der Waals surface area contributed by atoms with Gasteiger partial charge in [0.25, 0.3) is 5.91 Å². The van der Waals surface area contributed by atoms with E-state index in [1.54, 1.807) is 42.5 Å². The quantitative estimate of drug-likeness (QED) is 0.419. The molecule has 4 rings (SSSR count). The van der Waals surface area contributed by atoms with Crippen LogP contribution in [-0.4, -0.2) is 38.6 Å². The summed E-state index contributed by atoms with van der Waals surface area (Å²) < 4.78 is 26.7. The molecule has 0 bridgehead atoms. The number of carbonyl (C=O) groups is 2. The van der Waals surface area contributed by atoms with Crippen LogP contribution < -0.4 is 10.6 Å². The predicted molar refractivity (Wildman–Crippen MR) is 121 cm³/mol. The number of amides is 2. The third kappa shape index (κ3) is 5.85. The van der Waals surface area contributed by atoms with Gasteiger partial charge in [-0.25, -0.2) is 8.78 Å². The van der Waals surface area contributed by atoms with E-state index in [-0.39, 0.29) is 23.8 Å². The van der Waals surface area contributed by atoms with Crippen molar-refractivity contribution in [3.63, 3.8) is 0 Å². The molecule has 0 saturated carbocycles. The third-order valence-corrected chi connectivity index (χ3v) is 4.91. The third-order valence-electron chi connectivity index (χ3n) is 4.91. The maximum atomic E-state index is 13.8. The van der Waals surface area contributed by atoms with Crippen LogP contribution in [0.15, 0.2) is 72.8 Å². The van der Waals surface area contributed by atoms with E-state index in [2.05, 4.69) is 26.0 Å². The standard InChI is InChI=1S/C24H20F2N6O2/c25-18-9-5-16(6-10-18)13-14-27-22(33)15-32-30-23(29-31-32)17-7-11-19(12-8-17)28-24(34)20-3-1-2-4-21(20)26/h1-12H,13-15H2,(H,27,33)(H,28,34). The van der Waals surface area contributed by atoms with E-state index >= 15 is 0 Å². The molecule has 0 unspecified atom stereocenters. The Hall–Kier alpha value is -4.47. The van der Waals surface area contributed by atoms with Crippen molar-refractivity contribution in [2.45, 2.75) is 13.0 Å². The Morgan fingerprint density at radius 3 is 2.38 bits per heavy atom. The largest absolute Gasteiger partial charge is 0.354 e. The van der Waals surface area contributed by atoms with Gasteiger partial charge in [0.15, 0.2) is 0 Å². The fraction of sp³-hybridized carbons (Fsp3) is 0.125. The number of benzene rings is 3. The Kier molecular flexibility index (Phi) is 6.97. The zero-order valence-electron chi connectivity index (χ0n) is 17.9. The normalized spacial score (nSPS) is 10.6. The number of nitrogens with one attached hydrogen (secondary N) is 2. The van der Waals surface area contributed by atoms with Gasteiger partial charge in [-0.1, -0.05) is 24.3 Å². The summed E-state index contributed by atoms with van der Waals surface area (Å²) in [5.41, 5.74) is 1.97. The molecule has 0 fully saturated rings. The summed E-state index contributed by atoms with van der Waals surface area (Å²) in [4.78, 5) is 25.5. The SMILES string of the molecule is O=C(Cn1nnc(-c2ccc(NC(=O)c3ccccc3F)cc2)n1)NCCc1ccc(F)cc1. The Bertz CT molecular complexity index is 1290. The van der Waals surface area contributed by atoms with Gasteiger partial charge >= 0.3 is 0 Å². The molecule has 2 amide bonds. The Morgan fingerprint density at radius 2 is 1.65 bits per heavy atom. The number of hydrogen-bond acceptors (Lipinski definition) is 5. The summed E-state index contributed by atoms with van der Waals surface area (Å²) in [6.45, 7) is 0.291. The number of hydrogen-bond donors (Lipinski definition) is 2. The first kappa shape index (κ1) is 22.7. The first-order chi connectivity index (χ1) is 16.5. The van der Waals surface area contributed by atoms with Crippen molar-refractivity contribution in [2.24, 2.45) is 0 Å². The zero-order chi connectivity index (χ0) is 23.9. The molecule has 1 aromatic heterocycles. The lowest BCUT2D eigenvalue weighted by Crippen LogP contribution is -2.30. The minimum Gasteiger partial charge on any atom is -0.354 e. The number of anilines is 1. The molecule has 2 N–H and O–H groups in total. The molecule has 3 aromatic carbocycles. The molecule has 0 radical (unpaired) electrons. The number of tetrazole rings is 1. The molecular weight excluding hydrogens is 442 g/mol. The van der Waals surface area contributed by atoms with Crippen molar-refractivity contribution in [2.75, 3.05) is 11.9 Å². The summed E-state index contributed by atoms with van der Waals surface area (Å²) in [6.07, 6.45) is 0.571. The summed E-state index contributed by atoms with van der Waals surface area (Å²) in [5, 5.41) is 17.4. The van der Waals surface area contributed by atoms with Crippen LogP contribution in [0.5, 0.6) is 0 Å². The number of halogens is 2. The number of nitrogens with zero attached hydrogens (tertiary/aromatic N) is 4. The fourth-order valence-corrected chi connectivity index (χ4v) is 3.15. The van der Waals surface area contributed by atoms with E-state index in [4.69, 9.17) is 0 Å². The van der Waals surface area contributed by atoms with Crippen molar-refractivity contribution in [1.29, 1.82) is 0 Å². The maximum Gasteiger partial charge on any atom is 0.258 e. The molecule has 1 heterocycles. The van der Waals surface area contributed by atoms with Crippen LogP contribution in [0, 0.1) is 11.6 Å². The highest BCUT2D eigenvalue weighted by atomic mass is 19.1. The molecule has 10 heteroatoms. The molecule has 172 valence electrons. The molecule has 0 aliphatic carbocycles. The molecular formula is C24H20F2N6O2. The van der Waals surface area contributed by atoms with E-state index in [1.165, 1.54) is 35.1 Å². The average molecular weight is 462 g/mol. The van der Waals surface area contributed by atoms with Crippen molar-refractivity contribution >= 4 is 17.5 Å². The first-order valence-corrected chi connectivity index (χ1v) is 10.4. The molecule has 0 atom stereocenters. The summed E-state index contributed by atoms with van der Waals surface area (Å²) >= 11 is 0. The Morgan fingerprint density at radius 1 is 0.912 bits per heavy atom. The average Bonchev–Trinajstić information content (AvgIpc) is 3.29. The maximum absolute atomic E-state index is 13.8. The summed E-state index contributed by atoms with van der Waals surface area (Å²) in [6, 6.07) is 18.5. The van der Waals surface area contributed by atoms with Gasteiger partial charge in [0, 0.05) is 17.8 Å².